The number of likely N-dealkylation sites (N-methyl/N-ethyl adjacent to an activating group) is 8. The first-order chi connectivity index (χ1) is 50.2. The van der Waals surface area contributed by atoms with Gasteiger partial charge in [0.25, 0.3) is 0 Å². The van der Waals surface area contributed by atoms with Gasteiger partial charge in [0.15, 0.2) is 0 Å². The van der Waals surface area contributed by atoms with Crippen LogP contribution >= 0.6 is 7.82 Å². The quantitative estimate of drug-likeness (QED) is 0.0298. The molecule has 1 unspecified atom stereocenters. The van der Waals surface area contributed by atoms with Gasteiger partial charge in [-0.25, -0.2) is 9.36 Å². The van der Waals surface area contributed by atoms with Crippen molar-refractivity contribution in [2.24, 2.45) is 41.4 Å². The molecule has 109 heavy (non-hydrogen) atoms. The number of nitrogens with one attached hydrogen (secondary N) is 5. The number of hydrogen-bond donors (Lipinski definition) is 7. The predicted molar refractivity (Wildman–Crippen MR) is 403 cm³/mol. The lowest BCUT2D eigenvalue weighted by Gasteiger charge is -2.42. The minimum Gasteiger partial charge on any atom is -0.458 e. The lowest BCUT2D eigenvalue weighted by Crippen LogP contribution is -2.64. The molecule has 0 bridgehead atoms. The normalized spacial score (nSPS) is 24.1. The molecular weight excluding hydrogens is 1440 g/mol. The smallest absolute Gasteiger partial charge is 0.458 e. The summed E-state index contributed by atoms with van der Waals surface area (Å²) in [5, 5.41) is 12.9. The Morgan fingerprint density at radius 3 is 1.49 bits per heavy atom. The molecule has 35 nitrogen and oxygen atoms in total. The minimum absolute atomic E-state index is 0.00826. The minimum atomic E-state index is -5.35. The summed E-state index contributed by atoms with van der Waals surface area (Å²) in [5.41, 5.74) is 0. The lowest BCUT2D eigenvalue weighted by atomic mass is 9.91. The number of carbonyl (C=O) groups excluding carboxylic acids is 15. The van der Waals surface area contributed by atoms with Crippen LogP contribution in [0.3, 0.4) is 0 Å². The Morgan fingerprint density at radius 1 is 0.560 bits per heavy atom. The molecule has 13 amide bonds. The largest absolute Gasteiger partial charge is 0.469 e. The Balaban J connectivity index is 4.64. The van der Waals surface area contributed by atoms with Crippen molar-refractivity contribution in [1.82, 2.24) is 65.8 Å². The molecule has 0 radical (unpaired) electrons. The molecular formula is C73H128N13O22P. The molecule has 0 aromatic heterocycles. The third kappa shape index (κ3) is 30.8. The molecule has 7 N–H and O–H groups in total. The van der Waals surface area contributed by atoms with E-state index in [4.69, 9.17) is 14.2 Å². The Hall–Kier alpha value is -8.30. The fourth-order valence-electron chi connectivity index (χ4n) is 12.5. The topological polar surface area (TPSA) is 437 Å². The van der Waals surface area contributed by atoms with E-state index in [2.05, 4.69) is 31.1 Å². The van der Waals surface area contributed by atoms with E-state index in [-0.39, 0.29) is 62.2 Å². The van der Waals surface area contributed by atoms with Gasteiger partial charge in [-0.05, 0) is 101 Å². The van der Waals surface area contributed by atoms with E-state index in [0.29, 0.717) is 4.90 Å². The lowest BCUT2D eigenvalue weighted by molar-refractivity contribution is -0.167. The molecule has 1 aliphatic rings. The van der Waals surface area contributed by atoms with Crippen molar-refractivity contribution in [3.63, 3.8) is 0 Å². The van der Waals surface area contributed by atoms with Gasteiger partial charge in [0.2, 0.25) is 77.2 Å². The van der Waals surface area contributed by atoms with Gasteiger partial charge >= 0.3 is 25.9 Å². The van der Waals surface area contributed by atoms with Gasteiger partial charge in [0.05, 0.1) is 13.2 Å². The first-order valence-corrected chi connectivity index (χ1v) is 38.7. The fraction of sp³-hybridized carbons (Fsp3) is 0.767. The molecule has 0 aromatic rings. The summed E-state index contributed by atoms with van der Waals surface area (Å²) in [7, 11) is 5.00. The van der Waals surface area contributed by atoms with Gasteiger partial charge in [-0.15, -0.1) is 0 Å². The maximum absolute atomic E-state index is 15.9. The molecule has 1 heterocycles. The molecule has 0 saturated carbocycles. The zero-order valence-corrected chi connectivity index (χ0v) is 70.0. The number of phosphoric ester groups is 1. The Bertz CT molecular complexity index is 3240. The first kappa shape index (κ1) is 98.7. The van der Waals surface area contributed by atoms with E-state index in [0.717, 1.165) is 40.5 Å². The van der Waals surface area contributed by atoms with Crippen LogP contribution in [0.5, 0.6) is 0 Å². The van der Waals surface area contributed by atoms with Crippen LogP contribution in [0.2, 0.25) is 0 Å². The molecule has 0 aliphatic carbocycles. The average molecular weight is 1570 g/mol. The van der Waals surface area contributed by atoms with Gasteiger partial charge in [0, 0.05) is 70.2 Å². The number of rotatable bonds is 25. The third-order valence-electron chi connectivity index (χ3n) is 18.7. The Morgan fingerprint density at radius 2 is 1.02 bits per heavy atom. The Kier molecular flexibility index (Phi) is 40.9. The number of esters is 2. The number of phosphoric acid groups is 1. The second-order valence-electron chi connectivity index (χ2n) is 30.8. The van der Waals surface area contributed by atoms with Crippen LogP contribution in [0.15, 0.2) is 12.2 Å². The zero-order valence-electron chi connectivity index (χ0n) is 69.1. The first-order valence-electron chi connectivity index (χ1n) is 37.1. The summed E-state index contributed by atoms with van der Waals surface area (Å²) in [6, 6.07) is -15.9. The van der Waals surface area contributed by atoms with Gasteiger partial charge < -0.3 is 89.8 Å². The summed E-state index contributed by atoms with van der Waals surface area (Å²) in [4.78, 5) is 245. The van der Waals surface area contributed by atoms with Crippen LogP contribution in [0.1, 0.15) is 170 Å². The van der Waals surface area contributed by atoms with E-state index in [1.54, 1.807) is 81.4 Å². The highest BCUT2D eigenvalue weighted by atomic mass is 31.2. The number of allylic oxidation sites excluding steroid dienone is 2. The van der Waals surface area contributed by atoms with E-state index in [1.165, 1.54) is 84.8 Å². The van der Waals surface area contributed by atoms with Gasteiger partial charge in [-0.3, -0.25) is 71.6 Å². The summed E-state index contributed by atoms with van der Waals surface area (Å²) in [6.45, 7) is 27.9. The van der Waals surface area contributed by atoms with Crippen LogP contribution in [0, 0.1) is 41.4 Å². The monoisotopic (exact) mass is 1570 g/mol. The molecule has 1 rings (SSSR count). The van der Waals surface area contributed by atoms with Crippen molar-refractivity contribution in [3.8, 4) is 0 Å². The maximum atomic E-state index is 15.9. The van der Waals surface area contributed by atoms with Gasteiger partial charge in [-0.1, -0.05) is 109 Å². The average Bonchev–Trinajstić information content (AvgIpc) is 0.798. The van der Waals surface area contributed by atoms with E-state index in [1.807, 2.05) is 27.7 Å². The highest BCUT2D eigenvalue weighted by Gasteiger charge is 2.48. The van der Waals surface area contributed by atoms with Crippen LogP contribution < -0.4 is 26.6 Å². The molecule has 0 aromatic carbocycles. The molecule has 1 fully saturated rings. The zero-order chi connectivity index (χ0) is 84.5. The summed E-state index contributed by atoms with van der Waals surface area (Å²) >= 11 is 0. The number of nitrogens with zero attached hydrogens (tertiary/aromatic N) is 8. The fourth-order valence-corrected chi connectivity index (χ4v) is 12.8. The standard InChI is InChI=1S/C73H128N13O22P/c1-28-30-31-45(15)61(108-57(89)37-80(21)68(96)51(38-105-109(102,103)104)77-73(101)107-49(19)106-48(18)87)60-65(93)76-50(29-2)67(95)79(20)36-56(88)81(22)52(32-39(3)4)64(92)78-58(43(11)12)71(99)82(23)53(33-40(5)6)63(91)74-46(16)62(90)75-47(17)66(94)83(24)54(34-41(7)8)69(97)84(25)55(35-42(9)10)70(98)85(26)59(44(13)14)72(100)86(60)27/h28,30,39-47,49-55,58-61H,29,31-38H2,1-27H3,(H,74,91)(H,75,90)(H,76,93)(H,77,101)(H,78,92)(H2,102,103,104)/b30-28+/t45-,46+,47-,49?,50+,51+,52+,53+,54+,55+,58+,59+,60+,61-/m1/s1. The van der Waals surface area contributed by atoms with E-state index >= 15 is 19.2 Å². The van der Waals surface area contributed by atoms with Gasteiger partial charge in [0.1, 0.15) is 79.1 Å². The number of hydrogen-bond acceptors (Lipinski definition) is 20. The van der Waals surface area contributed by atoms with Crippen molar-refractivity contribution in [3.05, 3.63) is 12.2 Å². The van der Waals surface area contributed by atoms with Crippen molar-refractivity contribution in [2.75, 3.05) is 76.1 Å². The third-order valence-corrected chi connectivity index (χ3v) is 19.1. The predicted octanol–water partition coefficient (Wildman–Crippen LogP) is 2.39. The van der Waals surface area contributed by atoms with Crippen molar-refractivity contribution in [1.29, 1.82) is 0 Å². The molecule has 14 atom stereocenters. The van der Waals surface area contributed by atoms with Crippen LogP contribution in [0.4, 0.5) is 4.79 Å². The van der Waals surface area contributed by atoms with Crippen molar-refractivity contribution in [2.45, 2.75) is 249 Å². The second kappa shape index (κ2) is 45.1. The van der Waals surface area contributed by atoms with Crippen molar-refractivity contribution < 1.29 is 105 Å². The van der Waals surface area contributed by atoms with E-state index < -0.39 is 213 Å². The second-order valence-corrected chi connectivity index (χ2v) is 32.1. The maximum Gasteiger partial charge on any atom is 0.469 e. The van der Waals surface area contributed by atoms with Crippen LogP contribution in [-0.4, -0.2) is 293 Å². The number of carbonyl (C=O) groups is 15. The summed E-state index contributed by atoms with van der Waals surface area (Å²) in [5.74, 6) is -15.5. The van der Waals surface area contributed by atoms with Crippen molar-refractivity contribution >= 4 is 96.7 Å². The highest BCUT2D eigenvalue weighted by molar-refractivity contribution is 7.46. The number of amides is 13. The van der Waals surface area contributed by atoms with Crippen LogP contribution in [-0.2, 0) is 90.4 Å². The Labute approximate surface area is 643 Å². The molecule has 1 aliphatic heterocycles. The molecule has 36 heteroatoms. The molecule has 0 spiro atoms. The van der Waals surface area contributed by atoms with E-state index in [9.17, 15) is 67.1 Å². The summed E-state index contributed by atoms with van der Waals surface area (Å²) < 4.78 is 32.4. The molecule has 622 valence electrons. The van der Waals surface area contributed by atoms with Crippen LogP contribution in [0.25, 0.3) is 0 Å². The number of alkyl carbamates (subject to hydrolysis) is 1. The van der Waals surface area contributed by atoms with Gasteiger partial charge in [-0.2, -0.15) is 0 Å². The summed E-state index contributed by atoms with van der Waals surface area (Å²) in [6.07, 6.45) is -1.32. The molecule has 1 saturated heterocycles. The SMILES string of the molecule is C/C=C/C[C@@H](C)[C@@H](OC(=O)CN(C)C(=O)[C@H](COP(=O)(O)O)NC(=O)OC(C)OC(C)=O)[C@H]1C(=O)N[C@@H](CC)C(=O)N(C)CC(=O)N(C)[C@@H](CC(C)C)C(=O)N[C@@H](C(C)C)C(=O)N(C)[C@@H](CC(C)C)C(=O)N[C@@H](C)C(=O)N[C@H](C)C(=O)N(C)[C@@H](CC(C)C)C(=O)N(C)[C@@H](CC(C)C)C(=O)N(C)[C@@H](C(C)C)C(=O)N1C. The highest BCUT2D eigenvalue weighted by Crippen LogP contribution is 2.36. The number of ether oxygens (including phenoxy) is 3.